The van der Waals surface area contributed by atoms with Crippen LogP contribution in [0, 0.1) is 5.92 Å². The minimum atomic E-state index is -0.0494. The van der Waals surface area contributed by atoms with Gasteiger partial charge in [0, 0.05) is 19.7 Å². The number of carbonyl (C=O) groups is 1. The lowest BCUT2D eigenvalue weighted by atomic mass is 9.85. The molecule has 2 N–H and O–H groups in total. The van der Waals surface area contributed by atoms with E-state index in [-0.39, 0.29) is 17.6 Å². The summed E-state index contributed by atoms with van der Waals surface area (Å²) in [4.78, 5) is 13.8. The molecule has 0 radical (unpaired) electrons. The summed E-state index contributed by atoms with van der Waals surface area (Å²) >= 11 is 0. The van der Waals surface area contributed by atoms with E-state index in [4.69, 9.17) is 10.5 Å². The molecule has 1 atom stereocenters. The Labute approximate surface area is 96.1 Å². The number of nitrogens with zero attached hydrogens (tertiary/aromatic N) is 1. The highest BCUT2D eigenvalue weighted by Crippen LogP contribution is 2.43. The van der Waals surface area contributed by atoms with E-state index in [1.165, 1.54) is 12.8 Å². The standard InChI is InChI=1S/C12H20N2O2/c13-12(9-3-4-9)7-14(8-12)11(15)6-10-2-1-5-16-10/h9-10H,1-8,13H2. The zero-order chi connectivity index (χ0) is 11.2. The molecule has 1 unspecified atom stereocenters. The summed E-state index contributed by atoms with van der Waals surface area (Å²) < 4.78 is 5.48. The van der Waals surface area contributed by atoms with Crippen LogP contribution in [0.1, 0.15) is 32.1 Å². The average molecular weight is 224 g/mol. The van der Waals surface area contributed by atoms with Crippen LogP contribution in [0.2, 0.25) is 0 Å². The summed E-state index contributed by atoms with van der Waals surface area (Å²) in [5, 5.41) is 0. The fourth-order valence-electron chi connectivity index (χ4n) is 2.89. The SMILES string of the molecule is NC1(C2CC2)CN(C(=O)CC2CCCO2)C1. The minimum Gasteiger partial charge on any atom is -0.378 e. The smallest absolute Gasteiger partial charge is 0.225 e. The number of carbonyl (C=O) groups excluding carboxylic acids is 1. The Morgan fingerprint density at radius 2 is 2.12 bits per heavy atom. The molecule has 3 aliphatic rings. The van der Waals surface area contributed by atoms with Crippen molar-refractivity contribution in [3.05, 3.63) is 0 Å². The molecule has 0 aromatic rings. The first-order valence-electron chi connectivity index (χ1n) is 6.36. The van der Waals surface area contributed by atoms with Gasteiger partial charge in [-0.05, 0) is 31.6 Å². The monoisotopic (exact) mass is 224 g/mol. The largest absolute Gasteiger partial charge is 0.378 e. The maximum absolute atomic E-state index is 11.9. The second kappa shape index (κ2) is 3.70. The van der Waals surface area contributed by atoms with Crippen molar-refractivity contribution in [2.75, 3.05) is 19.7 Å². The summed E-state index contributed by atoms with van der Waals surface area (Å²) in [5.41, 5.74) is 6.17. The molecule has 1 amide bonds. The van der Waals surface area contributed by atoms with Gasteiger partial charge in [0.2, 0.25) is 5.91 Å². The van der Waals surface area contributed by atoms with E-state index in [9.17, 15) is 4.79 Å². The van der Waals surface area contributed by atoms with Crippen molar-refractivity contribution in [3.8, 4) is 0 Å². The zero-order valence-corrected chi connectivity index (χ0v) is 9.65. The lowest BCUT2D eigenvalue weighted by molar-refractivity contribution is -0.141. The lowest BCUT2D eigenvalue weighted by Crippen LogP contribution is -2.70. The number of likely N-dealkylation sites (tertiary alicyclic amines) is 1. The predicted molar refractivity (Wildman–Crippen MR) is 59.8 cm³/mol. The highest BCUT2D eigenvalue weighted by Gasteiger charge is 2.51. The van der Waals surface area contributed by atoms with E-state index in [1.54, 1.807) is 0 Å². The Kier molecular flexibility index (Phi) is 2.44. The molecule has 2 heterocycles. The summed E-state index contributed by atoms with van der Waals surface area (Å²) in [5.74, 6) is 0.910. The quantitative estimate of drug-likeness (QED) is 0.759. The molecule has 16 heavy (non-hydrogen) atoms. The van der Waals surface area contributed by atoms with Gasteiger partial charge in [-0.2, -0.15) is 0 Å². The molecular formula is C12H20N2O2. The maximum atomic E-state index is 11.9. The molecular weight excluding hydrogens is 204 g/mol. The molecule has 0 aromatic carbocycles. The van der Waals surface area contributed by atoms with Crippen LogP contribution in [0.3, 0.4) is 0 Å². The first-order valence-corrected chi connectivity index (χ1v) is 6.36. The van der Waals surface area contributed by atoms with Crippen LogP contribution in [0.4, 0.5) is 0 Å². The number of hydrogen-bond acceptors (Lipinski definition) is 3. The number of ether oxygens (including phenoxy) is 1. The topological polar surface area (TPSA) is 55.6 Å². The van der Waals surface area contributed by atoms with Gasteiger partial charge in [0.05, 0.1) is 18.1 Å². The molecule has 1 saturated carbocycles. The third kappa shape index (κ3) is 1.84. The molecule has 2 aliphatic heterocycles. The van der Waals surface area contributed by atoms with Crippen LogP contribution in [0.15, 0.2) is 0 Å². The zero-order valence-electron chi connectivity index (χ0n) is 9.65. The third-order valence-electron chi connectivity index (χ3n) is 4.14. The number of rotatable bonds is 3. The molecule has 4 nitrogen and oxygen atoms in total. The van der Waals surface area contributed by atoms with Gasteiger partial charge in [-0.1, -0.05) is 0 Å². The molecule has 2 saturated heterocycles. The van der Waals surface area contributed by atoms with Crippen LogP contribution in [0.5, 0.6) is 0 Å². The van der Waals surface area contributed by atoms with Crippen LogP contribution in [0.25, 0.3) is 0 Å². The summed E-state index contributed by atoms with van der Waals surface area (Å²) in [7, 11) is 0. The highest BCUT2D eigenvalue weighted by molar-refractivity contribution is 5.78. The lowest BCUT2D eigenvalue weighted by Gasteiger charge is -2.48. The van der Waals surface area contributed by atoms with E-state index in [1.807, 2.05) is 4.90 Å². The number of hydrogen-bond donors (Lipinski definition) is 1. The van der Waals surface area contributed by atoms with E-state index in [2.05, 4.69) is 0 Å². The predicted octanol–water partition coefficient (Wildman–Crippen LogP) is 0.505. The van der Waals surface area contributed by atoms with Gasteiger partial charge in [0.1, 0.15) is 0 Å². The molecule has 90 valence electrons. The van der Waals surface area contributed by atoms with Gasteiger partial charge in [0.15, 0.2) is 0 Å². The maximum Gasteiger partial charge on any atom is 0.225 e. The first kappa shape index (κ1) is 10.5. The van der Waals surface area contributed by atoms with Gasteiger partial charge in [-0.3, -0.25) is 4.79 Å². The number of nitrogens with two attached hydrogens (primary N) is 1. The summed E-state index contributed by atoms with van der Waals surface area (Å²) in [6.07, 6.45) is 5.37. The van der Waals surface area contributed by atoms with Gasteiger partial charge in [-0.25, -0.2) is 0 Å². The molecule has 0 aromatic heterocycles. The normalized spacial score (nSPS) is 32.6. The number of amides is 1. The molecule has 3 rings (SSSR count). The Bertz CT molecular complexity index is 289. The Morgan fingerprint density at radius 1 is 1.38 bits per heavy atom. The van der Waals surface area contributed by atoms with E-state index in [0.717, 1.165) is 32.5 Å². The van der Waals surface area contributed by atoms with Gasteiger partial charge >= 0.3 is 0 Å². The first-order chi connectivity index (χ1) is 7.67. The van der Waals surface area contributed by atoms with Crippen LogP contribution >= 0.6 is 0 Å². The van der Waals surface area contributed by atoms with E-state index >= 15 is 0 Å². The average Bonchev–Trinajstić information content (AvgIpc) is 2.94. The van der Waals surface area contributed by atoms with Crippen molar-refractivity contribution in [1.82, 2.24) is 4.90 Å². The van der Waals surface area contributed by atoms with Crippen LogP contribution in [-0.4, -0.2) is 42.1 Å². The summed E-state index contributed by atoms with van der Waals surface area (Å²) in [6, 6.07) is 0. The second-order valence-corrected chi connectivity index (χ2v) is 5.60. The van der Waals surface area contributed by atoms with Crippen molar-refractivity contribution in [2.24, 2.45) is 11.7 Å². The molecule has 1 aliphatic carbocycles. The van der Waals surface area contributed by atoms with Gasteiger partial charge in [0.25, 0.3) is 0 Å². The Morgan fingerprint density at radius 3 is 2.69 bits per heavy atom. The van der Waals surface area contributed by atoms with Gasteiger partial charge in [-0.15, -0.1) is 0 Å². The highest BCUT2D eigenvalue weighted by atomic mass is 16.5. The molecule has 3 fully saturated rings. The van der Waals surface area contributed by atoms with Crippen molar-refractivity contribution >= 4 is 5.91 Å². The van der Waals surface area contributed by atoms with Gasteiger partial charge < -0.3 is 15.4 Å². The van der Waals surface area contributed by atoms with Crippen molar-refractivity contribution < 1.29 is 9.53 Å². The van der Waals surface area contributed by atoms with E-state index in [0.29, 0.717) is 12.3 Å². The molecule has 4 heteroatoms. The van der Waals surface area contributed by atoms with Crippen LogP contribution < -0.4 is 5.73 Å². The fraction of sp³-hybridized carbons (Fsp3) is 0.917. The summed E-state index contributed by atoms with van der Waals surface area (Å²) in [6.45, 7) is 2.35. The molecule has 0 bridgehead atoms. The van der Waals surface area contributed by atoms with Crippen molar-refractivity contribution in [2.45, 2.75) is 43.7 Å². The fourth-order valence-corrected chi connectivity index (χ4v) is 2.89. The Balaban J connectivity index is 1.46. The second-order valence-electron chi connectivity index (χ2n) is 5.60. The van der Waals surface area contributed by atoms with Crippen molar-refractivity contribution in [3.63, 3.8) is 0 Å². The third-order valence-corrected chi connectivity index (χ3v) is 4.14. The van der Waals surface area contributed by atoms with Crippen LogP contribution in [-0.2, 0) is 9.53 Å². The minimum absolute atomic E-state index is 0.0494. The van der Waals surface area contributed by atoms with E-state index < -0.39 is 0 Å². The Hall–Kier alpha value is -0.610. The van der Waals surface area contributed by atoms with Crippen molar-refractivity contribution in [1.29, 1.82) is 0 Å². The molecule has 0 spiro atoms.